The summed E-state index contributed by atoms with van der Waals surface area (Å²) in [6.45, 7) is -0.425. The summed E-state index contributed by atoms with van der Waals surface area (Å²) in [5.74, 6) is -0.883. The molecule has 1 unspecified atom stereocenters. The Balaban J connectivity index is 1.76. The fraction of sp³-hybridized carbons (Fsp3) is 0.161. The number of nitrogens with zero attached hydrogens (tertiary/aromatic N) is 2. The van der Waals surface area contributed by atoms with Crippen LogP contribution in [0.3, 0.4) is 0 Å². The van der Waals surface area contributed by atoms with Crippen molar-refractivity contribution >= 4 is 39.1 Å². The van der Waals surface area contributed by atoms with Crippen molar-refractivity contribution in [2.45, 2.75) is 23.9 Å². The summed E-state index contributed by atoms with van der Waals surface area (Å²) in [6.07, 6.45) is 0.247. The summed E-state index contributed by atoms with van der Waals surface area (Å²) in [4.78, 5) is 28.9. The van der Waals surface area contributed by atoms with Crippen molar-refractivity contribution in [2.24, 2.45) is 0 Å². The normalized spacial score (nSPS) is 11.8. The molecule has 1 N–H and O–H groups in total. The summed E-state index contributed by atoms with van der Waals surface area (Å²) in [7, 11) is -2.59. The van der Waals surface area contributed by atoms with Crippen molar-refractivity contribution in [3.05, 3.63) is 131 Å². The SMILES string of the molecule is CNC(=O)C(Cc1ccccc1)N(Cc1ccc(Cl)cc1)C(=O)CN(c1ccccc1)S(=O)(=O)c1ccccc1. The number of benzene rings is 4. The molecule has 9 heteroatoms. The maximum Gasteiger partial charge on any atom is 0.264 e. The monoisotopic (exact) mass is 575 g/mol. The molecule has 0 saturated carbocycles. The third-order valence-electron chi connectivity index (χ3n) is 6.44. The predicted octanol–water partition coefficient (Wildman–Crippen LogP) is 4.92. The van der Waals surface area contributed by atoms with Gasteiger partial charge in [0.25, 0.3) is 10.0 Å². The molecule has 7 nitrogen and oxygen atoms in total. The van der Waals surface area contributed by atoms with Crippen LogP contribution < -0.4 is 9.62 Å². The van der Waals surface area contributed by atoms with Crippen LogP contribution in [0, 0.1) is 0 Å². The molecule has 206 valence electrons. The van der Waals surface area contributed by atoms with Crippen LogP contribution in [0.2, 0.25) is 5.02 Å². The highest BCUT2D eigenvalue weighted by molar-refractivity contribution is 7.92. The van der Waals surface area contributed by atoms with E-state index in [1.807, 2.05) is 30.3 Å². The Kier molecular flexibility index (Phi) is 9.58. The van der Waals surface area contributed by atoms with E-state index < -0.39 is 28.5 Å². The second-order valence-electron chi connectivity index (χ2n) is 9.13. The van der Waals surface area contributed by atoms with E-state index in [-0.39, 0.29) is 23.8 Å². The fourth-order valence-electron chi connectivity index (χ4n) is 4.35. The second-order valence-corrected chi connectivity index (χ2v) is 11.4. The first-order valence-electron chi connectivity index (χ1n) is 12.7. The van der Waals surface area contributed by atoms with E-state index in [1.165, 1.54) is 24.1 Å². The van der Waals surface area contributed by atoms with Crippen LogP contribution in [0.25, 0.3) is 0 Å². The molecule has 0 heterocycles. The number of amides is 2. The molecule has 4 aromatic carbocycles. The van der Waals surface area contributed by atoms with Gasteiger partial charge in [0.05, 0.1) is 10.6 Å². The highest BCUT2D eigenvalue weighted by atomic mass is 35.5. The first-order valence-corrected chi connectivity index (χ1v) is 14.5. The summed E-state index contributed by atoms with van der Waals surface area (Å²) in [5, 5.41) is 3.21. The summed E-state index contributed by atoms with van der Waals surface area (Å²) >= 11 is 6.08. The average molecular weight is 576 g/mol. The van der Waals surface area contributed by atoms with Crippen molar-refractivity contribution in [1.82, 2.24) is 10.2 Å². The minimum Gasteiger partial charge on any atom is -0.357 e. The van der Waals surface area contributed by atoms with Gasteiger partial charge >= 0.3 is 0 Å². The number of hydrogen-bond donors (Lipinski definition) is 1. The van der Waals surface area contributed by atoms with E-state index in [0.29, 0.717) is 10.7 Å². The fourth-order valence-corrected chi connectivity index (χ4v) is 5.91. The highest BCUT2D eigenvalue weighted by Crippen LogP contribution is 2.25. The number of sulfonamides is 1. The Morgan fingerprint density at radius 2 is 1.32 bits per heavy atom. The van der Waals surface area contributed by atoms with Gasteiger partial charge in [0.2, 0.25) is 11.8 Å². The molecule has 0 aromatic heterocycles. The first-order chi connectivity index (χ1) is 19.3. The Morgan fingerprint density at radius 3 is 1.90 bits per heavy atom. The van der Waals surface area contributed by atoms with Gasteiger partial charge in [-0.2, -0.15) is 0 Å². The number of hydrogen-bond acceptors (Lipinski definition) is 4. The van der Waals surface area contributed by atoms with Crippen molar-refractivity contribution in [1.29, 1.82) is 0 Å². The summed E-state index contributed by atoms with van der Waals surface area (Å²) in [6, 6.07) is 31.9. The molecule has 0 saturated heterocycles. The Morgan fingerprint density at radius 1 is 0.775 bits per heavy atom. The van der Waals surface area contributed by atoms with Crippen molar-refractivity contribution in [3.8, 4) is 0 Å². The van der Waals surface area contributed by atoms with Crippen molar-refractivity contribution in [3.63, 3.8) is 0 Å². The largest absolute Gasteiger partial charge is 0.357 e. The van der Waals surface area contributed by atoms with Gasteiger partial charge in [0.1, 0.15) is 12.6 Å². The Labute approximate surface area is 240 Å². The third-order valence-corrected chi connectivity index (χ3v) is 8.48. The second kappa shape index (κ2) is 13.3. The van der Waals surface area contributed by atoms with E-state index in [9.17, 15) is 18.0 Å². The van der Waals surface area contributed by atoms with Gasteiger partial charge < -0.3 is 10.2 Å². The summed E-state index contributed by atoms with van der Waals surface area (Å²) in [5.41, 5.74) is 1.95. The quantitative estimate of drug-likeness (QED) is 0.275. The van der Waals surface area contributed by atoms with E-state index in [0.717, 1.165) is 15.4 Å². The van der Waals surface area contributed by atoms with E-state index in [4.69, 9.17) is 11.6 Å². The molecule has 0 aliphatic heterocycles. The number of rotatable bonds is 11. The van der Waals surface area contributed by atoms with Crippen LogP contribution >= 0.6 is 11.6 Å². The zero-order chi connectivity index (χ0) is 28.5. The number of halogens is 1. The molecule has 0 radical (unpaired) electrons. The first kappa shape index (κ1) is 28.9. The maximum atomic E-state index is 14.1. The van der Waals surface area contributed by atoms with E-state index >= 15 is 0 Å². The van der Waals surface area contributed by atoms with E-state index in [2.05, 4.69) is 5.32 Å². The van der Waals surface area contributed by atoms with Crippen molar-refractivity contribution in [2.75, 3.05) is 17.9 Å². The lowest BCUT2D eigenvalue weighted by molar-refractivity contribution is -0.139. The van der Waals surface area contributed by atoms with Gasteiger partial charge in [-0.05, 0) is 47.5 Å². The lowest BCUT2D eigenvalue weighted by Gasteiger charge is -2.33. The Bertz CT molecular complexity index is 1520. The third kappa shape index (κ3) is 7.08. The minimum absolute atomic E-state index is 0.0584. The van der Waals surface area contributed by atoms with Crippen LogP contribution in [0.5, 0.6) is 0 Å². The number of carbonyl (C=O) groups excluding carboxylic acids is 2. The molecule has 4 aromatic rings. The zero-order valence-electron chi connectivity index (χ0n) is 22.0. The van der Waals surface area contributed by atoms with Crippen LogP contribution in [-0.4, -0.2) is 44.8 Å². The molecular formula is C31H30ClN3O4S. The number of nitrogens with one attached hydrogen (secondary N) is 1. The van der Waals surface area contributed by atoms with Gasteiger partial charge in [-0.15, -0.1) is 0 Å². The molecule has 0 bridgehead atoms. The average Bonchev–Trinajstić information content (AvgIpc) is 2.99. The minimum atomic E-state index is -4.10. The van der Waals surface area contributed by atoms with Crippen molar-refractivity contribution < 1.29 is 18.0 Å². The topological polar surface area (TPSA) is 86.8 Å². The van der Waals surface area contributed by atoms with Crippen LogP contribution in [-0.2, 0) is 32.6 Å². The van der Waals surface area contributed by atoms with Gasteiger partial charge in [-0.3, -0.25) is 13.9 Å². The number of anilines is 1. The molecule has 1 atom stereocenters. The molecule has 40 heavy (non-hydrogen) atoms. The van der Waals surface area contributed by atoms with Gasteiger partial charge in [-0.25, -0.2) is 8.42 Å². The lowest BCUT2D eigenvalue weighted by atomic mass is 10.0. The zero-order valence-corrected chi connectivity index (χ0v) is 23.6. The predicted molar refractivity (Wildman–Crippen MR) is 157 cm³/mol. The van der Waals surface area contributed by atoms with Crippen LogP contribution in [0.15, 0.2) is 120 Å². The maximum absolute atomic E-state index is 14.1. The van der Waals surface area contributed by atoms with E-state index in [1.54, 1.807) is 72.8 Å². The van der Waals surface area contributed by atoms with Crippen LogP contribution in [0.1, 0.15) is 11.1 Å². The van der Waals surface area contributed by atoms with Crippen LogP contribution in [0.4, 0.5) is 5.69 Å². The number of likely N-dealkylation sites (N-methyl/N-ethyl adjacent to an activating group) is 1. The van der Waals surface area contributed by atoms with Gasteiger partial charge in [0.15, 0.2) is 0 Å². The summed E-state index contributed by atoms with van der Waals surface area (Å²) < 4.78 is 28.7. The molecule has 0 spiro atoms. The number of para-hydroxylation sites is 1. The molecule has 4 rings (SSSR count). The molecular weight excluding hydrogens is 546 g/mol. The molecule has 0 aliphatic rings. The number of carbonyl (C=O) groups is 2. The lowest BCUT2D eigenvalue weighted by Crippen LogP contribution is -2.53. The molecule has 0 aliphatic carbocycles. The molecule has 0 fully saturated rings. The smallest absolute Gasteiger partial charge is 0.264 e. The molecule has 2 amide bonds. The van der Waals surface area contributed by atoms with Gasteiger partial charge in [-0.1, -0.05) is 90.5 Å². The van der Waals surface area contributed by atoms with Gasteiger partial charge in [0, 0.05) is 25.0 Å². The Hall–Kier alpha value is -4.14. The highest BCUT2D eigenvalue weighted by Gasteiger charge is 2.34. The standard InChI is InChI=1S/C31H30ClN3O4S/c1-33-31(37)29(21-24-11-5-2-6-12-24)34(22-25-17-19-26(32)20-18-25)30(36)23-35(27-13-7-3-8-14-27)40(38,39)28-15-9-4-10-16-28/h2-20,29H,21-23H2,1H3,(H,33,37).